The van der Waals surface area contributed by atoms with E-state index in [9.17, 15) is 18.4 Å². The van der Waals surface area contributed by atoms with Crippen LogP contribution in [0.2, 0.25) is 15.1 Å². The molecule has 0 saturated heterocycles. The highest BCUT2D eigenvalue weighted by atomic mass is 35.5. The zero-order valence-corrected chi connectivity index (χ0v) is 20.6. The number of hydrogen-bond donors (Lipinski definition) is 2. The summed E-state index contributed by atoms with van der Waals surface area (Å²) < 4.78 is 26.0. The molecule has 3 aromatic carbocycles. The van der Waals surface area contributed by atoms with Crippen molar-refractivity contribution in [3.63, 3.8) is 0 Å². The molecular weight excluding hydrogens is 552 g/mol. The summed E-state index contributed by atoms with van der Waals surface area (Å²) in [7, 11) is 0. The van der Waals surface area contributed by atoms with Crippen molar-refractivity contribution in [1.82, 2.24) is 0 Å². The molecule has 4 nitrogen and oxygen atoms in total. The van der Waals surface area contributed by atoms with E-state index in [1.165, 1.54) is 24.3 Å². The minimum absolute atomic E-state index is 0.0742. The Bertz CT molecular complexity index is 1300. The lowest BCUT2D eigenvalue weighted by atomic mass is 10.1. The van der Waals surface area contributed by atoms with E-state index in [0.717, 1.165) is 12.1 Å². The van der Waals surface area contributed by atoms with Gasteiger partial charge in [0.1, 0.15) is 4.33 Å². The molecule has 0 aliphatic heterocycles. The molecule has 4 rings (SSSR count). The summed E-state index contributed by atoms with van der Waals surface area (Å²) in [6.45, 7) is 0. The van der Waals surface area contributed by atoms with Crippen LogP contribution in [-0.2, 0) is 4.79 Å². The summed E-state index contributed by atoms with van der Waals surface area (Å²) >= 11 is 31.0. The molecule has 1 aliphatic carbocycles. The van der Waals surface area contributed by atoms with E-state index in [1.807, 2.05) is 0 Å². The highest BCUT2D eigenvalue weighted by Crippen LogP contribution is 2.65. The predicted molar refractivity (Wildman–Crippen MR) is 132 cm³/mol. The Morgan fingerprint density at radius 2 is 1.56 bits per heavy atom. The van der Waals surface area contributed by atoms with Crippen LogP contribution in [0.15, 0.2) is 54.6 Å². The van der Waals surface area contributed by atoms with Crippen molar-refractivity contribution in [3.8, 4) is 0 Å². The van der Waals surface area contributed by atoms with Crippen LogP contribution < -0.4 is 10.6 Å². The smallest absolute Gasteiger partial charge is 0.258 e. The van der Waals surface area contributed by atoms with Gasteiger partial charge in [-0.2, -0.15) is 0 Å². The van der Waals surface area contributed by atoms with Crippen molar-refractivity contribution >= 4 is 81.2 Å². The maximum absolute atomic E-state index is 13.9. The van der Waals surface area contributed by atoms with Crippen molar-refractivity contribution in [1.29, 1.82) is 0 Å². The fourth-order valence-electron chi connectivity index (χ4n) is 3.61. The molecule has 176 valence electrons. The van der Waals surface area contributed by atoms with Crippen molar-refractivity contribution in [2.45, 2.75) is 10.3 Å². The highest BCUT2D eigenvalue weighted by molar-refractivity contribution is 6.53. The number of alkyl halides is 2. The lowest BCUT2D eigenvalue weighted by Gasteiger charge is -2.11. The number of halogens is 7. The number of hydrogen-bond acceptors (Lipinski definition) is 2. The van der Waals surface area contributed by atoms with Crippen LogP contribution in [-0.4, -0.2) is 16.1 Å². The van der Waals surface area contributed by atoms with E-state index < -0.39 is 45.2 Å². The normalized spacial score (nSPS) is 18.3. The largest absolute Gasteiger partial charge is 0.326 e. The molecule has 0 spiro atoms. The van der Waals surface area contributed by atoms with Crippen LogP contribution in [0.5, 0.6) is 0 Å². The second-order valence-corrected chi connectivity index (χ2v) is 10.3. The second kappa shape index (κ2) is 9.51. The van der Waals surface area contributed by atoms with Crippen molar-refractivity contribution in [2.75, 3.05) is 10.6 Å². The molecule has 3 aromatic rings. The van der Waals surface area contributed by atoms with Crippen LogP contribution in [0.3, 0.4) is 0 Å². The first kappa shape index (κ1) is 25.0. The minimum atomic E-state index is -1.38. The Balaban J connectivity index is 1.51. The Hall–Kier alpha value is -2.09. The third kappa shape index (κ3) is 4.97. The fraction of sp³-hybridized carbons (Fsp3) is 0.130. The third-order valence-corrected chi connectivity index (χ3v) is 6.96. The van der Waals surface area contributed by atoms with Gasteiger partial charge < -0.3 is 10.6 Å². The van der Waals surface area contributed by atoms with Crippen molar-refractivity contribution < 1.29 is 18.4 Å². The Kier molecular flexibility index (Phi) is 7.00. The first-order valence-electron chi connectivity index (χ1n) is 9.68. The standard InChI is InChI=1S/C23H13Cl5F2N2O2/c24-11-6-10(7-12(25)8-11)18-19(23(18,27)28)22(34)31-13-4-5-15(26)17(9-13)32-21(33)14-2-1-3-16(29)20(14)30/h1-9,18-19H,(H,31,34)(H,32,33). The number of benzene rings is 3. The zero-order valence-electron chi connectivity index (χ0n) is 16.8. The third-order valence-electron chi connectivity index (χ3n) is 5.26. The lowest BCUT2D eigenvalue weighted by Crippen LogP contribution is -2.18. The van der Waals surface area contributed by atoms with Gasteiger partial charge in [0.15, 0.2) is 11.6 Å². The van der Waals surface area contributed by atoms with E-state index in [0.29, 0.717) is 15.6 Å². The lowest BCUT2D eigenvalue weighted by molar-refractivity contribution is -0.117. The van der Waals surface area contributed by atoms with Crippen LogP contribution in [0.1, 0.15) is 21.8 Å². The van der Waals surface area contributed by atoms with Gasteiger partial charge in [0.25, 0.3) is 5.91 Å². The van der Waals surface area contributed by atoms with E-state index in [1.54, 1.807) is 18.2 Å². The van der Waals surface area contributed by atoms with Crippen LogP contribution in [0.4, 0.5) is 20.2 Å². The Labute approximate surface area is 218 Å². The number of carbonyl (C=O) groups is 2. The fourth-order valence-corrected chi connectivity index (χ4v) is 5.15. The molecule has 1 aliphatic rings. The summed E-state index contributed by atoms with van der Waals surface area (Å²) in [5, 5.41) is 5.95. The number of carbonyl (C=O) groups excluding carboxylic acids is 2. The number of nitrogens with one attached hydrogen (secondary N) is 2. The molecule has 11 heteroatoms. The summed E-state index contributed by atoms with van der Waals surface area (Å²) in [5.74, 6) is -5.20. The maximum atomic E-state index is 13.9. The summed E-state index contributed by atoms with van der Waals surface area (Å²) in [6.07, 6.45) is 0. The van der Waals surface area contributed by atoms with Gasteiger partial charge in [-0.05, 0) is 54.1 Å². The zero-order chi connectivity index (χ0) is 24.8. The van der Waals surface area contributed by atoms with Gasteiger partial charge in [-0.25, -0.2) is 8.78 Å². The topological polar surface area (TPSA) is 58.2 Å². The van der Waals surface area contributed by atoms with Gasteiger partial charge >= 0.3 is 0 Å². The van der Waals surface area contributed by atoms with E-state index in [2.05, 4.69) is 10.6 Å². The molecule has 2 amide bonds. The summed E-state index contributed by atoms with van der Waals surface area (Å²) in [4.78, 5) is 25.3. The van der Waals surface area contributed by atoms with E-state index in [4.69, 9.17) is 58.0 Å². The maximum Gasteiger partial charge on any atom is 0.258 e. The molecule has 0 bridgehead atoms. The SMILES string of the molecule is O=C(Nc1cc(NC(=O)C2C(c3cc(Cl)cc(Cl)c3)C2(Cl)Cl)ccc1Cl)c1cccc(F)c1F. The molecule has 2 unspecified atom stereocenters. The Morgan fingerprint density at radius 3 is 2.24 bits per heavy atom. The first-order chi connectivity index (χ1) is 16.0. The molecule has 0 aromatic heterocycles. The molecule has 2 atom stereocenters. The molecule has 2 N–H and O–H groups in total. The average Bonchev–Trinajstić information content (AvgIpc) is 3.34. The number of rotatable bonds is 5. The summed E-state index contributed by atoms with van der Waals surface area (Å²) in [6, 6.07) is 12.3. The Morgan fingerprint density at radius 1 is 0.882 bits per heavy atom. The predicted octanol–water partition coefficient (Wildman–Crippen LogP) is 7.70. The van der Waals surface area contributed by atoms with Gasteiger partial charge in [-0.1, -0.05) is 40.9 Å². The van der Waals surface area contributed by atoms with Gasteiger partial charge in [-0.3, -0.25) is 9.59 Å². The van der Waals surface area contributed by atoms with Gasteiger partial charge in [0.2, 0.25) is 5.91 Å². The molecular formula is C23H13Cl5F2N2O2. The average molecular weight is 565 g/mol. The highest BCUT2D eigenvalue weighted by Gasteiger charge is 2.67. The van der Waals surface area contributed by atoms with Gasteiger partial charge in [0, 0.05) is 21.7 Å². The molecule has 0 radical (unpaired) electrons. The van der Waals surface area contributed by atoms with Crippen molar-refractivity contribution in [3.05, 3.63) is 92.4 Å². The summed E-state index contributed by atoms with van der Waals surface area (Å²) in [5.41, 5.74) is 0.456. The van der Waals surface area contributed by atoms with E-state index in [-0.39, 0.29) is 16.4 Å². The molecule has 1 fully saturated rings. The number of amides is 2. The second-order valence-electron chi connectivity index (χ2n) is 7.57. The van der Waals surface area contributed by atoms with Crippen LogP contribution in [0, 0.1) is 17.6 Å². The van der Waals surface area contributed by atoms with Gasteiger partial charge in [0.05, 0.1) is 22.2 Å². The van der Waals surface area contributed by atoms with Crippen LogP contribution in [0.25, 0.3) is 0 Å². The van der Waals surface area contributed by atoms with Gasteiger partial charge in [-0.15, -0.1) is 23.2 Å². The van der Waals surface area contributed by atoms with Crippen LogP contribution >= 0.6 is 58.0 Å². The first-order valence-corrected chi connectivity index (χ1v) is 11.6. The quantitative estimate of drug-likeness (QED) is 0.312. The number of anilines is 2. The minimum Gasteiger partial charge on any atom is -0.326 e. The van der Waals surface area contributed by atoms with Crippen molar-refractivity contribution in [2.24, 2.45) is 5.92 Å². The molecule has 1 saturated carbocycles. The monoisotopic (exact) mass is 562 g/mol. The molecule has 0 heterocycles. The molecule has 34 heavy (non-hydrogen) atoms. The van der Waals surface area contributed by atoms with E-state index >= 15 is 0 Å².